The summed E-state index contributed by atoms with van der Waals surface area (Å²) >= 11 is 0. The first-order valence-corrected chi connectivity index (χ1v) is 10.3. The largest absolute Gasteiger partial charge is 0.487 e. The SMILES string of the molecule is Cc1c(-c2ccc(=O)[nH]n2)ccc2c1CCC1(CCN(C3CCC3)CC1)O2. The van der Waals surface area contributed by atoms with Crippen molar-refractivity contribution in [3.63, 3.8) is 0 Å². The number of benzene rings is 1. The lowest BCUT2D eigenvalue weighted by atomic mass is 9.80. The van der Waals surface area contributed by atoms with Crippen LogP contribution >= 0.6 is 0 Å². The second-order valence-electron chi connectivity index (χ2n) is 8.43. The number of hydrogen-bond donors (Lipinski definition) is 1. The van der Waals surface area contributed by atoms with Crippen LogP contribution in [-0.2, 0) is 6.42 Å². The number of fused-ring (bicyclic) bond motifs is 1. The Hall–Kier alpha value is -2.14. The molecular weight excluding hydrogens is 338 g/mol. The van der Waals surface area contributed by atoms with Crippen molar-refractivity contribution >= 4 is 0 Å². The van der Waals surface area contributed by atoms with E-state index in [1.54, 1.807) is 6.07 Å². The first-order chi connectivity index (χ1) is 13.1. The van der Waals surface area contributed by atoms with Gasteiger partial charge in [0, 0.05) is 30.8 Å². The summed E-state index contributed by atoms with van der Waals surface area (Å²) in [6.07, 6.45) is 8.62. The van der Waals surface area contributed by atoms with E-state index < -0.39 is 0 Å². The van der Waals surface area contributed by atoms with Crippen LogP contribution in [0.4, 0.5) is 0 Å². The second-order valence-corrected chi connectivity index (χ2v) is 8.43. The monoisotopic (exact) mass is 365 g/mol. The third-order valence-electron chi connectivity index (χ3n) is 6.97. The highest BCUT2D eigenvalue weighted by Crippen LogP contribution is 2.43. The number of likely N-dealkylation sites (tertiary alicyclic amines) is 1. The van der Waals surface area contributed by atoms with Gasteiger partial charge < -0.3 is 9.64 Å². The van der Waals surface area contributed by atoms with Gasteiger partial charge in [-0.3, -0.25) is 4.79 Å². The van der Waals surface area contributed by atoms with Crippen LogP contribution in [0.3, 0.4) is 0 Å². The highest BCUT2D eigenvalue weighted by atomic mass is 16.5. The Bertz CT molecular complexity index is 888. The van der Waals surface area contributed by atoms with Crippen molar-refractivity contribution in [2.24, 2.45) is 0 Å². The molecule has 1 saturated carbocycles. The van der Waals surface area contributed by atoms with Crippen LogP contribution in [0.15, 0.2) is 29.1 Å². The third kappa shape index (κ3) is 2.98. The number of aromatic nitrogens is 2. The van der Waals surface area contributed by atoms with Gasteiger partial charge in [0.15, 0.2) is 0 Å². The normalized spacial score (nSPS) is 22.1. The van der Waals surface area contributed by atoms with Crippen molar-refractivity contribution in [1.82, 2.24) is 15.1 Å². The number of nitrogens with zero attached hydrogens (tertiary/aromatic N) is 2. The molecular formula is C22H27N3O2. The van der Waals surface area contributed by atoms with Crippen LogP contribution in [0.1, 0.15) is 49.7 Å². The summed E-state index contributed by atoms with van der Waals surface area (Å²) in [4.78, 5) is 14.0. The number of rotatable bonds is 2. The fraction of sp³-hybridized carbons (Fsp3) is 0.545. The van der Waals surface area contributed by atoms with Gasteiger partial charge in [0.2, 0.25) is 0 Å². The Labute approximate surface area is 159 Å². The molecule has 3 aliphatic rings. The van der Waals surface area contributed by atoms with E-state index in [2.05, 4.69) is 34.2 Å². The second kappa shape index (κ2) is 6.48. The van der Waals surface area contributed by atoms with Gasteiger partial charge in [-0.15, -0.1) is 0 Å². The number of hydrogen-bond acceptors (Lipinski definition) is 4. The zero-order valence-corrected chi connectivity index (χ0v) is 16.0. The minimum absolute atomic E-state index is 0.0252. The molecule has 0 amide bonds. The average Bonchev–Trinajstić information content (AvgIpc) is 2.64. The summed E-state index contributed by atoms with van der Waals surface area (Å²) in [5, 5.41) is 6.73. The van der Waals surface area contributed by atoms with Crippen molar-refractivity contribution in [2.45, 2.75) is 63.5 Å². The molecule has 1 aromatic carbocycles. The summed E-state index contributed by atoms with van der Waals surface area (Å²) in [7, 11) is 0. The molecule has 2 aromatic rings. The van der Waals surface area contributed by atoms with E-state index in [1.807, 2.05) is 0 Å². The van der Waals surface area contributed by atoms with E-state index in [4.69, 9.17) is 4.74 Å². The molecule has 0 bridgehead atoms. The van der Waals surface area contributed by atoms with Gasteiger partial charge in [0.1, 0.15) is 11.4 Å². The van der Waals surface area contributed by atoms with Gasteiger partial charge in [-0.1, -0.05) is 6.42 Å². The molecule has 1 aliphatic carbocycles. The molecule has 2 fully saturated rings. The van der Waals surface area contributed by atoms with Crippen LogP contribution in [-0.4, -0.2) is 39.8 Å². The molecule has 1 saturated heterocycles. The molecule has 5 nitrogen and oxygen atoms in total. The van der Waals surface area contributed by atoms with Gasteiger partial charge in [-0.2, -0.15) is 5.10 Å². The maximum atomic E-state index is 11.3. The number of aromatic amines is 1. The Morgan fingerprint density at radius 3 is 2.63 bits per heavy atom. The van der Waals surface area contributed by atoms with E-state index >= 15 is 0 Å². The summed E-state index contributed by atoms with van der Waals surface area (Å²) in [5.74, 6) is 1.05. The Kier molecular flexibility index (Phi) is 4.08. The van der Waals surface area contributed by atoms with Crippen molar-refractivity contribution in [3.05, 3.63) is 45.7 Å². The van der Waals surface area contributed by atoms with Crippen LogP contribution in [0.2, 0.25) is 0 Å². The zero-order valence-electron chi connectivity index (χ0n) is 16.0. The predicted molar refractivity (Wildman–Crippen MR) is 105 cm³/mol. The number of piperidine rings is 1. The Balaban J connectivity index is 1.37. The third-order valence-corrected chi connectivity index (χ3v) is 6.97. The van der Waals surface area contributed by atoms with E-state index in [0.717, 1.165) is 48.7 Å². The van der Waals surface area contributed by atoms with E-state index in [1.165, 1.54) is 49.5 Å². The molecule has 1 spiro atoms. The fourth-order valence-corrected chi connectivity index (χ4v) is 4.95. The maximum Gasteiger partial charge on any atom is 0.264 e. The molecule has 1 N–H and O–H groups in total. The van der Waals surface area contributed by atoms with E-state index in [9.17, 15) is 4.79 Å². The summed E-state index contributed by atoms with van der Waals surface area (Å²) in [6.45, 7) is 4.50. The van der Waals surface area contributed by atoms with Crippen molar-refractivity contribution < 1.29 is 4.74 Å². The van der Waals surface area contributed by atoms with E-state index in [0.29, 0.717) is 0 Å². The Morgan fingerprint density at radius 2 is 1.96 bits per heavy atom. The summed E-state index contributed by atoms with van der Waals surface area (Å²) in [6, 6.07) is 8.34. The van der Waals surface area contributed by atoms with Crippen LogP contribution < -0.4 is 10.3 Å². The van der Waals surface area contributed by atoms with Crippen molar-refractivity contribution in [2.75, 3.05) is 13.1 Å². The van der Waals surface area contributed by atoms with Crippen molar-refractivity contribution in [3.8, 4) is 17.0 Å². The topological polar surface area (TPSA) is 58.2 Å². The molecule has 2 aliphatic heterocycles. The van der Waals surface area contributed by atoms with Crippen molar-refractivity contribution in [1.29, 1.82) is 0 Å². The zero-order chi connectivity index (χ0) is 18.4. The fourth-order valence-electron chi connectivity index (χ4n) is 4.95. The molecule has 0 unspecified atom stereocenters. The van der Waals surface area contributed by atoms with Crippen LogP contribution in [0, 0.1) is 6.92 Å². The highest BCUT2D eigenvalue weighted by molar-refractivity contribution is 5.67. The summed E-state index contributed by atoms with van der Waals surface area (Å²) in [5.41, 5.74) is 4.25. The molecule has 142 valence electrons. The quantitative estimate of drug-likeness (QED) is 0.885. The molecule has 3 heterocycles. The number of ether oxygens (including phenoxy) is 1. The van der Waals surface area contributed by atoms with Gasteiger partial charge in [0.05, 0.1) is 5.69 Å². The smallest absolute Gasteiger partial charge is 0.264 e. The van der Waals surface area contributed by atoms with Gasteiger partial charge >= 0.3 is 0 Å². The molecule has 0 radical (unpaired) electrons. The van der Waals surface area contributed by atoms with Gasteiger partial charge in [-0.25, -0.2) is 5.10 Å². The highest BCUT2D eigenvalue weighted by Gasteiger charge is 2.41. The van der Waals surface area contributed by atoms with Crippen LogP contribution in [0.25, 0.3) is 11.3 Å². The number of H-pyrrole nitrogens is 1. The van der Waals surface area contributed by atoms with Crippen LogP contribution in [0.5, 0.6) is 5.75 Å². The molecule has 27 heavy (non-hydrogen) atoms. The Morgan fingerprint density at radius 1 is 1.15 bits per heavy atom. The lowest BCUT2D eigenvalue weighted by molar-refractivity contribution is -0.0337. The number of nitrogens with one attached hydrogen (secondary N) is 1. The lowest BCUT2D eigenvalue weighted by Gasteiger charge is -2.48. The predicted octanol–water partition coefficient (Wildman–Crippen LogP) is 3.46. The minimum Gasteiger partial charge on any atom is -0.487 e. The standard InChI is InChI=1S/C22H27N3O2/c1-15-17(19-6-8-21(26)24-23-19)5-7-20-18(15)9-10-22(27-20)11-13-25(14-12-22)16-3-2-4-16/h5-8,16H,2-4,9-14H2,1H3,(H,24,26). The van der Waals surface area contributed by atoms with Gasteiger partial charge in [0.25, 0.3) is 5.56 Å². The minimum atomic E-state index is -0.173. The molecule has 0 atom stereocenters. The van der Waals surface area contributed by atoms with E-state index in [-0.39, 0.29) is 11.2 Å². The average molecular weight is 365 g/mol. The molecule has 5 rings (SSSR count). The first-order valence-electron chi connectivity index (χ1n) is 10.3. The molecule has 1 aromatic heterocycles. The van der Waals surface area contributed by atoms with Gasteiger partial charge in [-0.05, 0) is 74.8 Å². The lowest BCUT2D eigenvalue weighted by Crippen LogP contribution is -2.53. The summed E-state index contributed by atoms with van der Waals surface area (Å²) < 4.78 is 6.63. The molecule has 5 heteroatoms. The maximum absolute atomic E-state index is 11.3. The first kappa shape index (κ1) is 17.0.